The molecule has 0 saturated carbocycles. The van der Waals surface area contributed by atoms with Gasteiger partial charge in [0.05, 0.1) is 0 Å². The molecule has 0 heterocycles. The predicted octanol–water partition coefficient (Wildman–Crippen LogP) is 4.95. The van der Waals surface area contributed by atoms with Crippen molar-refractivity contribution in [3.05, 3.63) is 65.6 Å². The van der Waals surface area contributed by atoms with Crippen LogP contribution in [0.15, 0.2) is 42.5 Å². The summed E-state index contributed by atoms with van der Waals surface area (Å²) < 4.78 is 0. The van der Waals surface area contributed by atoms with E-state index in [4.69, 9.17) is 17.0 Å². The van der Waals surface area contributed by atoms with E-state index < -0.39 is 20.8 Å². The van der Waals surface area contributed by atoms with E-state index in [1.54, 1.807) is 0 Å². The van der Waals surface area contributed by atoms with Gasteiger partial charge in [0.15, 0.2) is 0 Å². The maximum absolute atomic E-state index is 4.93. The molecule has 85 valence electrons. The Kier molecular flexibility index (Phi) is 4.85. The summed E-state index contributed by atoms with van der Waals surface area (Å²) in [6, 6.07) is 15.1. The van der Waals surface area contributed by atoms with Crippen LogP contribution >= 0.6 is 17.0 Å². The van der Waals surface area contributed by atoms with Gasteiger partial charge < -0.3 is 0 Å². The average Bonchev–Trinajstić information content (AvgIpc) is 2.69. The van der Waals surface area contributed by atoms with Crippen LogP contribution < -0.4 is 0 Å². The van der Waals surface area contributed by atoms with Gasteiger partial charge >= 0.3 is 37.9 Å². The van der Waals surface area contributed by atoms with Crippen LogP contribution in [0.5, 0.6) is 0 Å². The van der Waals surface area contributed by atoms with Crippen molar-refractivity contribution >= 4 is 17.0 Å². The van der Waals surface area contributed by atoms with E-state index in [-0.39, 0.29) is 0 Å². The second-order valence-corrected chi connectivity index (χ2v) is 7.57. The van der Waals surface area contributed by atoms with Gasteiger partial charge in [-0.05, 0) is 34.7 Å². The second-order valence-electron chi connectivity index (χ2n) is 3.84. The zero-order chi connectivity index (χ0) is 12.3. The van der Waals surface area contributed by atoms with Gasteiger partial charge in [0, 0.05) is 6.42 Å². The van der Waals surface area contributed by atoms with Crippen molar-refractivity contribution < 1.29 is 20.8 Å². The van der Waals surface area contributed by atoms with Crippen LogP contribution in [0.1, 0.15) is 16.7 Å². The predicted molar refractivity (Wildman–Crippen MR) is 70.8 cm³/mol. The van der Waals surface area contributed by atoms with Crippen LogP contribution in [0.4, 0.5) is 0 Å². The number of hydrogen-bond donors (Lipinski definition) is 0. The van der Waals surface area contributed by atoms with Crippen molar-refractivity contribution in [3.8, 4) is 11.1 Å². The van der Waals surface area contributed by atoms with Gasteiger partial charge in [0.25, 0.3) is 0 Å². The fourth-order valence-electron chi connectivity index (χ4n) is 2.20. The molecule has 2 aromatic rings. The summed E-state index contributed by atoms with van der Waals surface area (Å²) >= 11 is -0.826. The minimum absolute atomic E-state index is 0.826. The molecule has 0 amide bonds. The van der Waals surface area contributed by atoms with E-state index in [0.717, 1.165) is 0 Å². The minimum atomic E-state index is -0.826. The molecule has 0 aliphatic heterocycles. The van der Waals surface area contributed by atoms with Crippen molar-refractivity contribution in [1.29, 1.82) is 0 Å². The number of benzene rings is 2. The summed E-state index contributed by atoms with van der Waals surface area (Å²) in [6.45, 7) is 2.18. The summed E-state index contributed by atoms with van der Waals surface area (Å²) in [6.07, 6.45) is 2.26. The molecule has 1 aliphatic carbocycles. The monoisotopic (exact) mass is 339 g/mol. The first-order chi connectivity index (χ1) is 8.27. The fourth-order valence-corrected chi connectivity index (χ4v) is 2.20. The van der Waals surface area contributed by atoms with E-state index >= 15 is 0 Å². The molecular weight excluding hydrogens is 330 g/mol. The van der Waals surface area contributed by atoms with Crippen molar-refractivity contribution in [2.75, 3.05) is 0 Å². The van der Waals surface area contributed by atoms with Crippen LogP contribution in [0.3, 0.4) is 0 Å². The number of aryl methyl sites for hydroxylation is 1. The number of halogens is 2. The van der Waals surface area contributed by atoms with Gasteiger partial charge in [0.2, 0.25) is 0 Å². The Bertz CT molecular complexity index is 523. The quantitative estimate of drug-likeness (QED) is 0.543. The zero-order valence-electron chi connectivity index (χ0n) is 9.37. The van der Waals surface area contributed by atoms with Crippen LogP contribution in [0, 0.1) is 13.3 Å². The van der Waals surface area contributed by atoms with E-state index in [2.05, 4.69) is 55.8 Å². The average molecular weight is 341 g/mol. The van der Waals surface area contributed by atoms with Crippen LogP contribution in [0.2, 0.25) is 0 Å². The molecule has 17 heavy (non-hydrogen) atoms. The molecule has 0 saturated heterocycles. The second kappa shape index (κ2) is 6.18. The molecular formula is C14H11Cl2Zr. The van der Waals surface area contributed by atoms with Gasteiger partial charge in [-0.15, -0.1) is 0 Å². The molecule has 3 rings (SSSR count). The molecule has 0 bridgehead atoms. The Hall–Kier alpha value is -0.0969. The van der Waals surface area contributed by atoms with Crippen molar-refractivity contribution in [3.63, 3.8) is 0 Å². The third-order valence-corrected chi connectivity index (χ3v) is 2.85. The van der Waals surface area contributed by atoms with Gasteiger partial charge in [-0.25, -0.2) is 0 Å². The molecule has 0 atom stereocenters. The molecule has 0 nitrogen and oxygen atoms in total. The molecule has 0 fully saturated rings. The third-order valence-electron chi connectivity index (χ3n) is 2.85. The topological polar surface area (TPSA) is 0 Å². The summed E-state index contributed by atoms with van der Waals surface area (Å²) in [4.78, 5) is 0. The molecule has 0 unspecified atom stereocenters. The van der Waals surface area contributed by atoms with Gasteiger partial charge in [-0.3, -0.25) is 0 Å². The van der Waals surface area contributed by atoms with Crippen LogP contribution in [-0.2, 0) is 20.8 Å². The fraction of sp³-hybridized carbons (Fsp3) is 0.0714. The molecule has 0 N–H and O–H groups in total. The normalized spacial score (nSPS) is 11.0. The number of fused-ring (bicyclic) bond motifs is 3. The molecule has 2 aromatic carbocycles. The maximum atomic E-state index is 4.93. The molecule has 1 radical (unpaired) electrons. The first-order valence-corrected chi connectivity index (χ1v) is 11.6. The summed E-state index contributed by atoms with van der Waals surface area (Å²) in [5.74, 6) is 0. The molecule has 1 aliphatic rings. The Labute approximate surface area is 121 Å². The van der Waals surface area contributed by atoms with E-state index in [0.29, 0.717) is 0 Å². The summed E-state index contributed by atoms with van der Waals surface area (Å²) in [5, 5.41) is 0. The first-order valence-electron chi connectivity index (χ1n) is 5.28. The van der Waals surface area contributed by atoms with Gasteiger partial charge in [-0.1, -0.05) is 42.5 Å². The standard InChI is InChI=1S/C14H11.2ClH.Zr/c1-10-5-4-7-12-9-11-6-2-3-8-13(11)14(10)12;;;/h2-9H,1H3;2*1H;/q;;;+2/p-2. The van der Waals surface area contributed by atoms with Crippen LogP contribution in [-0.4, -0.2) is 0 Å². The van der Waals surface area contributed by atoms with E-state index in [1.165, 1.54) is 27.8 Å². The van der Waals surface area contributed by atoms with Crippen molar-refractivity contribution in [2.45, 2.75) is 6.92 Å². The van der Waals surface area contributed by atoms with Crippen molar-refractivity contribution in [1.82, 2.24) is 0 Å². The first kappa shape index (κ1) is 13.3. The van der Waals surface area contributed by atoms with Gasteiger partial charge in [-0.2, -0.15) is 0 Å². The van der Waals surface area contributed by atoms with E-state index in [9.17, 15) is 0 Å². The Morgan fingerprint density at radius 1 is 0.882 bits per heavy atom. The van der Waals surface area contributed by atoms with E-state index in [1.807, 2.05) is 0 Å². The summed E-state index contributed by atoms with van der Waals surface area (Å²) in [7, 11) is 9.87. The zero-order valence-corrected chi connectivity index (χ0v) is 13.3. The molecule has 3 heteroatoms. The van der Waals surface area contributed by atoms with Gasteiger partial charge in [0.1, 0.15) is 0 Å². The summed E-state index contributed by atoms with van der Waals surface area (Å²) in [5.41, 5.74) is 6.84. The Morgan fingerprint density at radius 2 is 1.53 bits per heavy atom. The molecule has 0 spiro atoms. The van der Waals surface area contributed by atoms with Crippen LogP contribution in [0.25, 0.3) is 11.1 Å². The molecule has 0 aromatic heterocycles. The SMILES string of the molecule is Cc1cccc2c1-c1ccccc1[CH]2.[Cl][Zr][Cl]. The Morgan fingerprint density at radius 3 is 2.29 bits per heavy atom. The Balaban J connectivity index is 0.000000329. The number of rotatable bonds is 0. The third kappa shape index (κ3) is 2.84. The van der Waals surface area contributed by atoms with Crippen molar-refractivity contribution in [2.24, 2.45) is 0 Å². The number of hydrogen-bond acceptors (Lipinski definition) is 0.